The van der Waals surface area contributed by atoms with Gasteiger partial charge in [-0.3, -0.25) is 0 Å². The molecule has 0 unspecified atom stereocenters. The lowest BCUT2D eigenvalue weighted by molar-refractivity contribution is 0.580. The molecule has 1 aliphatic carbocycles. The normalized spacial score (nSPS) is 15.1. The predicted molar refractivity (Wildman–Crippen MR) is 95.4 cm³/mol. The molecule has 1 saturated carbocycles. The van der Waals surface area contributed by atoms with Gasteiger partial charge in [0, 0.05) is 18.9 Å². The highest BCUT2D eigenvalue weighted by atomic mass is 32.2. The van der Waals surface area contributed by atoms with Crippen molar-refractivity contribution in [1.29, 1.82) is 0 Å². The highest BCUT2D eigenvalue weighted by molar-refractivity contribution is 7.89. The van der Waals surface area contributed by atoms with Crippen LogP contribution >= 0.6 is 11.3 Å². The number of rotatable bonds is 6. The van der Waals surface area contributed by atoms with Crippen LogP contribution in [0.25, 0.3) is 4.96 Å². The third kappa shape index (κ3) is 3.31. The lowest BCUT2D eigenvalue weighted by atomic mass is 10.2. The minimum absolute atomic E-state index is 0.304. The van der Waals surface area contributed by atoms with E-state index in [1.165, 1.54) is 11.3 Å². The summed E-state index contributed by atoms with van der Waals surface area (Å²) < 4.78 is 29.4. The van der Waals surface area contributed by atoms with Crippen LogP contribution in [0.4, 0.5) is 0 Å². The van der Waals surface area contributed by atoms with Crippen LogP contribution in [-0.2, 0) is 16.4 Å². The number of benzene rings is 1. The third-order valence-corrected chi connectivity index (χ3v) is 6.83. The van der Waals surface area contributed by atoms with Gasteiger partial charge >= 0.3 is 0 Å². The van der Waals surface area contributed by atoms with E-state index in [0.717, 1.165) is 39.8 Å². The van der Waals surface area contributed by atoms with Gasteiger partial charge in [-0.05, 0) is 38.3 Å². The molecule has 2 aromatic heterocycles. The average Bonchev–Trinajstić information content (AvgIpc) is 3.17. The zero-order valence-corrected chi connectivity index (χ0v) is 15.7. The Morgan fingerprint density at radius 2 is 2.08 bits per heavy atom. The summed E-state index contributed by atoms with van der Waals surface area (Å²) in [5.74, 6) is 1.40. The van der Waals surface area contributed by atoms with Crippen molar-refractivity contribution in [3.63, 3.8) is 0 Å². The second-order valence-electron chi connectivity index (χ2n) is 6.44. The molecule has 0 radical (unpaired) electrons. The molecule has 0 bridgehead atoms. The molecule has 7 nitrogen and oxygen atoms in total. The van der Waals surface area contributed by atoms with Crippen molar-refractivity contribution >= 4 is 26.3 Å². The fourth-order valence-electron chi connectivity index (χ4n) is 2.84. The van der Waals surface area contributed by atoms with Crippen molar-refractivity contribution in [1.82, 2.24) is 24.5 Å². The SMILES string of the molecule is Cc1ccc(S(=O)(=O)NCCc2nn3c(C4CC4)nnc3s2)c(C)c1. The van der Waals surface area contributed by atoms with E-state index >= 15 is 0 Å². The maximum atomic E-state index is 12.5. The van der Waals surface area contributed by atoms with Gasteiger partial charge in [0.1, 0.15) is 5.01 Å². The summed E-state index contributed by atoms with van der Waals surface area (Å²) >= 11 is 1.46. The molecule has 1 N–H and O–H groups in total. The molecule has 1 fully saturated rings. The minimum atomic E-state index is -3.51. The quantitative estimate of drug-likeness (QED) is 0.711. The molecule has 2 heterocycles. The van der Waals surface area contributed by atoms with Crippen molar-refractivity contribution < 1.29 is 8.42 Å². The summed E-state index contributed by atoms with van der Waals surface area (Å²) in [5, 5.41) is 13.7. The Hall–Kier alpha value is -1.84. The maximum Gasteiger partial charge on any atom is 0.240 e. The molecular formula is C16H19N5O2S2. The first-order valence-corrected chi connectivity index (χ1v) is 10.5. The van der Waals surface area contributed by atoms with E-state index < -0.39 is 10.0 Å². The number of nitrogens with zero attached hydrogens (tertiary/aromatic N) is 4. The van der Waals surface area contributed by atoms with Gasteiger partial charge in [0.25, 0.3) is 0 Å². The summed E-state index contributed by atoms with van der Waals surface area (Å²) in [6, 6.07) is 5.33. The van der Waals surface area contributed by atoms with E-state index in [0.29, 0.717) is 23.8 Å². The van der Waals surface area contributed by atoms with Gasteiger partial charge in [-0.15, -0.1) is 10.2 Å². The van der Waals surface area contributed by atoms with Gasteiger partial charge < -0.3 is 0 Å². The molecule has 0 amide bonds. The Morgan fingerprint density at radius 1 is 1.28 bits per heavy atom. The number of hydrogen-bond acceptors (Lipinski definition) is 6. The summed E-state index contributed by atoms with van der Waals surface area (Å²) in [6.45, 7) is 4.06. The molecular weight excluding hydrogens is 358 g/mol. The van der Waals surface area contributed by atoms with E-state index in [2.05, 4.69) is 20.0 Å². The van der Waals surface area contributed by atoms with Crippen LogP contribution in [0.1, 0.15) is 40.7 Å². The Balaban J connectivity index is 1.44. The van der Waals surface area contributed by atoms with Crippen LogP contribution in [0.2, 0.25) is 0 Å². The van der Waals surface area contributed by atoms with Crippen LogP contribution in [0.15, 0.2) is 23.1 Å². The fourth-order valence-corrected chi connectivity index (χ4v) is 4.94. The number of sulfonamides is 1. The van der Waals surface area contributed by atoms with Gasteiger partial charge in [0.15, 0.2) is 5.82 Å². The minimum Gasteiger partial charge on any atom is -0.211 e. The number of aryl methyl sites for hydroxylation is 2. The standard InChI is InChI=1S/C16H19N5O2S2/c1-10-3-6-13(11(2)9-10)25(22,23)17-8-7-14-20-21-15(12-4-5-12)18-19-16(21)24-14/h3,6,9,12,17H,4-5,7-8H2,1-2H3. The predicted octanol–water partition coefficient (Wildman–Crippen LogP) is 2.20. The zero-order chi connectivity index (χ0) is 17.6. The van der Waals surface area contributed by atoms with Gasteiger partial charge in [-0.1, -0.05) is 29.0 Å². The average molecular weight is 377 g/mol. The Morgan fingerprint density at radius 3 is 2.80 bits per heavy atom. The first kappa shape index (κ1) is 16.6. The monoisotopic (exact) mass is 377 g/mol. The van der Waals surface area contributed by atoms with Crippen LogP contribution < -0.4 is 4.72 Å². The second kappa shape index (κ2) is 6.15. The molecule has 3 aromatic rings. The highest BCUT2D eigenvalue weighted by Crippen LogP contribution is 2.39. The number of fused-ring (bicyclic) bond motifs is 1. The van der Waals surface area contributed by atoms with Crippen molar-refractivity contribution in [2.24, 2.45) is 0 Å². The number of hydrogen-bond donors (Lipinski definition) is 1. The van der Waals surface area contributed by atoms with E-state index in [4.69, 9.17) is 0 Å². The molecule has 0 atom stereocenters. The lowest BCUT2D eigenvalue weighted by Crippen LogP contribution is -2.26. The molecule has 0 saturated heterocycles. The first-order chi connectivity index (χ1) is 11.9. The van der Waals surface area contributed by atoms with Crippen LogP contribution in [0.3, 0.4) is 0 Å². The van der Waals surface area contributed by atoms with Gasteiger partial charge in [0.2, 0.25) is 15.0 Å². The molecule has 0 spiro atoms. The molecule has 25 heavy (non-hydrogen) atoms. The summed E-state index contributed by atoms with van der Waals surface area (Å²) in [5.41, 5.74) is 1.79. The van der Waals surface area contributed by atoms with E-state index in [9.17, 15) is 8.42 Å². The topological polar surface area (TPSA) is 89.2 Å². The van der Waals surface area contributed by atoms with E-state index in [-0.39, 0.29) is 0 Å². The van der Waals surface area contributed by atoms with Crippen molar-refractivity contribution in [3.8, 4) is 0 Å². The van der Waals surface area contributed by atoms with Crippen molar-refractivity contribution in [2.75, 3.05) is 6.54 Å². The van der Waals surface area contributed by atoms with Crippen LogP contribution in [0.5, 0.6) is 0 Å². The first-order valence-electron chi connectivity index (χ1n) is 8.22. The Kier molecular flexibility index (Phi) is 4.09. The molecule has 132 valence electrons. The Labute approximate surface area is 150 Å². The Bertz CT molecular complexity index is 1030. The molecule has 0 aliphatic heterocycles. The van der Waals surface area contributed by atoms with Gasteiger partial charge in [-0.2, -0.15) is 9.61 Å². The molecule has 1 aliphatic rings. The molecule has 4 rings (SSSR count). The summed E-state index contributed by atoms with van der Waals surface area (Å²) in [4.78, 5) is 1.10. The molecule has 1 aromatic carbocycles. The largest absolute Gasteiger partial charge is 0.240 e. The molecule has 9 heteroatoms. The lowest BCUT2D eigenvalue weighted by Gasteiger charge is -2.09. The van der Waals surface area contributed by atoms with Crippen LogP contribution in [0, 0.1) is 13.8 Å². The number of aromatic nitrogens is 4. The van der Waals surface area contributed by atoms with Gasteiger partial charge in [-0.25, -0.2) is 13.1 Å². The highest BCUT2D eigenvalue weighted by Gasteiger charge is 2.30. The smallest absolute Gasteiger partial charge is 0.211 e. The second-order valence-corrected chi connectivity index (χ2v) is 9.22. The third-order valence-electron chi connectivity index (χ3n) is 4.25. The summed E-state index contributed by atoms with van der Waals surface area (Å²) in [6.07, 6.45) is 2.81. The van der Waals surface area contributed by atoms with Crippen molar-refractivity contribution in [2.45, 2.75) is 43.9 Å². The number of nitrogens with one attached hydrogen (secondary N) is 1. The van der Waals surface area contributed by atoms with E-state index in [1.807, 2.05) is 26.0 Å². The van der Waals surface area contributed by atoms with Crippen LogP contribution in [-0.4, -0.2) is 34.8 Å². The van der Waals surface area contributed by atoms with E-state index in [1.54, 1.807) is 10.6 Å². The zero-order valence-electron chi connectivity index (χ0n) is 14.1. The summed E-state index contributed by atoms with van der Waals surface area (Å²) in [7, 11) is -3.51. The fraction of sp³-hybridized carbons (Fsp3) is 0.438. The van der Waals surface area contributed by atoms with Crippen molar-refractivity contribution in [3.05, 3.63) is 40.2 Å². The maximum absolute atomic E-state index is 12.5. The van der Waals surface area contributed by atoms with Gasteiger partial charge in [0.05, 0.1) is 4.90 Å².